The first-order valence-corrected chi connectivity index (χ1v) is 6.19. The first kappa shape index (κ1) is 15.3. The van der Waals surface area contributed by atoms with E-state index in [0.717, 1.165) is 0 Å². The molecule has 0 N–H and O–H groups in total. The van der Waals surface area contributed by atoms with Crippen LogP contribution in [0, 0.1) is 4.91 Å². The lowest BCUT2D eigenvalue weighted by atomic mass is 10.3. The van der Waals surface area contributed by atoms with E-state index in [1.807, 2.05) is 0 Å². The van der Waals surface area contributed by atoms with E-state index >= 15 is 0 Å². The number of benzene rings is 1. The first-order chi connectivity index (χ1) is 8.49. The SMILES string of the molecule is O=NN(CCCl)C(=O)Oc1c(Cl)cc(Cl)cc1Cl. The van der Waals surface area contributed by atoms with Gasteiger partial charge in [0.2, 0.25) is 0 Å². The van der Waals surface area contributed by atoms with Crippen LogP contribution >= 0.6 is 46.4 Å². The number of nitroso groups, excluding NO2 is 1. The van der Waals surface area contributed by atoms with Gasteiger partial charge in [-0.05, 0) is 12.1 Å². The Balaban J connectivity index is 2.91. The molecule has 0 aliphatic heterocycles. The van der Waals surface area contributed by atoms with Crippen LogP contribution < -0.4 is 4.74 Å². The zero-order valence-corrected chi connectivity index (χ0v) is 11.7. The van der Waals surface area contributed by atoms with Crippen molar-refractivity contribution >= 4 is 52.5 Å². The van der Waals surface area contributed by atoms with Crippen LogP contribution in [0.2, 0.25) is 15.1 Å². The minimum Gasteiger partial charge on any atom is -0.406 e. The Morgan fingerprint density at radius 3 is 2.28 bits per heavy atom. The molecule has 1 rings (SSSR count). The van der Waals surface area contributed by atoms with E-state index in [4.69, 9.17) is 51.1 Å². The number of nitrogens with zero attached hydrogens (tertiary/aromatic N) is 2. The molecular weight excluding hydrogens is 326 g/mol. The molecule has 98 valence electrons. The Morgan fingerprint density at radius 1 is 1.28 bits per heavy atom. The van der Waals surface area contributed by atoms with Crippen molar-refractivity contribution in [3.63, 3.8) is 0 Å². The van der Waals surface area contributed by atoms with E-state index in [0.29, 0.717) is 5.01 Å². The van der Waals surface area contributed by atoms with Crippen molar-refractivity contribution in [1.29, 1.82) is 0 Å². The molecule has 0 bridgehead atoms. The molecule has 0 radical (unpaired) electrons. The highest BCUT2D eigenvalue weighted by Gasteiger charge is 2.19. The predicted octanol–water partition coefficient (Wildman–Crippen LogP) is 4.37. The molecule has 1 amide bonds. The Labute approximate surface area is 122 Å². The van der Waals surface area contributed by atoms with Gasteiger partial charge >= 0.3 is 6.09 Å². The van der Waals surface area contributed by atoms with Crippen molar-refractivity contribution in [3.8, 4) is 5.75 Å². The summed E-state index contributed by atoms with van der Waals surface area (Å²) in [4.78, 5) is 21.9. The quantitative estimate of drug-likeness (QED) is 0.467. The second-order valence-corrected chi connectivity index (χ2v) is 4.59. The van der Waals surface area contributed by atoms with E-state index in [1.165, 1.54) is 12.1 Å². The molecule has 1 aromatic rings. The van der Waals surface area contributed by atoms with Crippen molar-refractivity contribution in [1.82, 2.24) is 5.01 Å². The summed E-state index contributed by atoms with van der Waals surface area (Å²) >= 11 is 22.7. The Kier molecular flexibility index (Phi) is 5.95. The van der Waals surface area contributed by atoms with Crippen LogP contribution in [0.1, 0.15) is 0 Å². The van der Waals surface area contributed by atoms with Crippen molar-refractivity contribution in [2.45, 2.75) is 0 Å². The summed E-state index contributed by atoms with van der Waals surface area (Å²) in [5.41, 5.74) is 0. The number of halogens is 4. The number of alkyl halides is 1. The summed E-state index contributed by atoms with van der Waals surface area (Å²) in [6, 6.07) is 2.69. The molecule has 1 aromatic carbocycles. The lowest BCUT2D eigenvalue weighted by Gasteiger charge is -2.13. The summed E-state index contributed by atoms with van der Waals surface area (Å²) in [6.45, 7) is -0.0906. The molecule has 0 aromatic heterocycles. The lowest BCUT2D eigenvalue weighted by molar-refractivity contribution is 0.156. The smallest absolute Gasteiger partial charge is 0.406 e. The Bertz CT molecular complexity index is 446. The molecule has 0 aliphatic carbocycles. The summed E-state index contributed by atoms with van der Waals surface area (Å²) in [6.07, 6.45) is -1.03. The van der Waals surface area contributed by atoms with Gasteiger partial charge in [0.05, 0.1) is 21.9 Å². The van der Waals surface area contributed by atoms with Gasteiger partial charge in [0.15, 0.2) is 5.75 Å². The highest BCUT2D eigenvalue weighted by atomic mass is 35.5. The zero-order valence-electron chi connectivity index (χ0n) is 8.70. The van der Waals surface area contributed by atoms with Crippen LogP contribution in [0.3, 0.4) is 0 Å². The second kappa shape index (κ2) is 6.99. The van der Waals surface area contributed by atoms with E-state index in [9.17, 15) is 9.70 Å². The first-order valence-electron chi connectivity index (χ1n) is 4.52. The van der Waals surface area contributed by atoms with Gasteiger partial charge in [-0.25, -0.2) is 4.79 Å². The maximum atomic E-state index is 11.5. The standard InChI is InChI=1S/C9H6Cl4N2O3/c10-1-2-15(14-17)9(16)18-8-6(12)3-5(11)4-7(8)13/h3-4H,1-2H2. The summed E-state index contributed by atoms with van der Waals surface area (Å²) in [5, 5.41) is 3.34. The third-order valence-electron chi connectivity index (χ3n) is 1.76. The maximum Gasteiger partial charge on any atom is 0.438 e. The topological polar surface area (TPSA) is 59.0 Å². The van der Waals surface area contributed by atoms with Crippen LogP contribution in [0.4, 0.5) is 4.79 Å². The van der Waals surface area contributed by atoms with Crippen LogP contribution in [-0.2, 0) is 0 Å². The molecule has 0 spiro atoms. The van der Waals surface area contributed by atoms with Crippen molar-refractivity contribution in [2.24, 2.45) is 5.29 Å². The summed E-state index contributed by atoms with van der Waals surface area (Å²) in [5.74, 6) is -0.0703. The molecule has 0 atom stereocenters. The molecule has 0 unspecified atom stereocenters. The number of carbonyl (C=O) groups excluding carboxylic acids is 1. The minimum atomic E-state index is -1.03. The molecule has 18 heavy (non-hydrogen) atoms. The van der Waals surface area contributed by atoms with Crippen molar-refractivity contribution in [2.75, 3.05) is 12.4 Å². The number of rotatable bonds is 4. The number of carbonyl (C=O) groups is 1. The van der Waals surface area contributed by atoms with Gasteiger partial charge in [0.1, 0.15) is 0 Å². The highest BCUT2D eigenvalue weighted by molar-refractivity contribution is 6.40. The fourth-order valence-corrected chi connectivity index (χ4v) is 2.07. The number of hydrogen-bond donors (Lipinski definition) is 0. The minimum absolute atomic E-state index is 0.0307. The average molecular weight is 332 g/mol. The second-order valence-electron chi connectivity index (χ2n) is 2.96. The molecule has 0 fully saturated rings. The molecular formula is C9H6Cl4N2O3. The van der Waals surface area contributed by atoms with Crippen LogP contribution in [0.5, 0.6) is 5.75 Å². The molecule has 5 nitrogen and oxygen atoms in total. The van der Waals surface area contributed by atoms with Gasteiger partial charge in [-0.2, -0.15) is 5.01 Å². The van der Waals surface area contributed by atoms with Gasteiger partial charge in [0.25, 0.3) is 0 Å². The third-order valence-corrected chi connectivity index (χ3v) is 2.71. The van der Waals surface area contributed by atoms with Gasteiger partial charge in [-0.1, -0.05) is 34.8 Å². The number of hydrogen-bond acceptors (Lipinski definition) is 4. The van der Waals surface area contributed by atoms with Crippen LogP contribution in [0.15, 0.2) is 17.4 Å². The summed E-state index contributed by atoms with van der Waals surface area (Å²) in [7, 11) is 0. The third kappa shape index (κ3) is 3.88. The van der Waals surface area contributed by atoms with Gasteiger partial charge in [-0.3, -0.25) is 0 Å². The van der Waals surface area contributed by atoms with E-state index in [-0.39, 0.29) is 33.2 Å². The maximum absolute atomic E-state index is 11.5. The lowest BCUT2D eigenvalue weighted by Crippen LogP contribution is -2.30. The molecule has 0 saturated carbocycles. The molecule has 9 heteroatoms. The molecule has 0 aliphatic rings. The fourth-order valence-electron chi connectivity index (χ4n) is 1.01. The number of ether oxygens (including phenoxy) is 1. The normalized spacial score (nSPS) is 10.0. The average Bonchev–Trinajstić information content (AvgIpc) is 2.30. The Hall–Kier alpha value is -0.750. The Morgan fingerprint density at radius 2 is 1.83 bits per heavy atom. The van der Waals surface area contributed by atoms with Crippen LogP contribution in [0.25, 0.3) is 0 Å². The van der Waals surface area contributed by atoms with Gasteiger partial charge in [0, 0.05) is 10.9 Å². The van der Waals surface area contributed by atoms with Crippen LogP contribution in [-0.4, -0.2) is 23.5 Å². The molecule has 0 heterocycles. The monoisotopic (exact) mass is 330 g/mol. The van der Waals surface area contributed by atoms with Crippen molar-refractivity contribution in [3.05, 3.63) is 32.1 Å². The van der Waals surface area contributed by atoms with E-state index in [1.54, 1.807) is 0 Å². The van der Waals surface area contributed by atoms with Gasteiger partial charge < -0.3 is 4.74 Å². The summed E-state index contributed by atoms with van der Waals surface area (Å²) < 4.78 is 4.85. The number of amides is 1. The zero-order chi connectivity index (χ0) is 13.7. The fraction of sp³-hybridized carbons (Fsp3) is 0.222. The molecule has 0 saturated heterocycles. The highest BCUT2D eigenvalue weighted by Crippen LogP contribution is 2.36. The van der Waals surface area contributed by atoms with Crippen molar-refractivity contribution < 1.29 is 9.53 Å². The predicted molar refractivity (Wildman–Crippen MR) is 70.7 cm³/mol. The van der Waals surface area contributed by atoms with E-state index in [2.05, 4.69) is 5.29 Å². The largest absolute Gasteiger partial charge is 0.438 e. The van der Waals surface area contributed by atoms with E-state index < -0.39 is 6.09 Å². The van der Waals surface area contributed by atoms with Gasteiger partial charge in [-0.15, -0.1) is 16.5 Å².